The van der Waals surface area contributed by atoms with Gasteiger partial charge < -0.3 is 15.3 Å². The number of nitrogens with one attached hydrogen (secondary N) is 1. The Morgan fingerprint density at radius 2 is 1.88 bits per heavy atom. The van der Waals surface area contributed by atoms with Crippen LogP contribution < -0.4 is 5.32 Å². The Hall–Kier alpha value is -3.11. The molecule has 180 valence electrons. The Labute approximate surface area is 199 Å². The molecule has 0 fully saturated rings. The number of benzene rings is 2. The van der Waals surface area contributed by atoms with Crippen LogP contribution >= 0.6 is 11.3 Å². The molecule has 1 aliphatic rings. The lowest BCUT2D eigenvalue weighted by Crippen LogP contribution is -2.46. The molecule has 2 heterocycles. The minimum absolute atomic E-state index is 0.0266. The number of hydrogen-bond donors (Lipinski definition) is 2. The zero-order chi connectivity index (χ0) is 24.5. The number of rotatable bonds is 7. The van der Waals surface area contributed by atoms with Crippen LogP contribution in [0.15, 0.2) is 59.7 Å². The van der Waals surface area contributed by atoms with Gasteiger partial charge in [0.25, 0.3) is 0 Å². The Morgan fingerprint density at radius 1 is 1.18 bits per heavy atom. The minimum Gasteiger partial charge on any atom is -0.355 e. The number of hydrogen-bond acceptors (Lipinski definition) is 6. The van der Waals surface area contributed by atoms with Crippen molar-refractivity contribution in [2.45, 2.75) is 32.9 Å². The fourth-order valence-corrected chi connectivity index (χ4v) is 4.89. The maximum absolute atomic E-state index is 13.2. The highest BCUT2D eigenvalue weighted by Crippen LogP contribution is 2.32. The standard InChI is InChI=1S/C24H25F3N4O2S/c1-15(2)13-30-22(20-11-16-7-4-6-10-19(16)34-20)29-31(23(30)33)14-21(32)28-12-17-8-3-5-9-18(17)24(25,26)27/h3-11,15,23,33H,12-14H2,1-2H3,(H,28,32). The lowest BCUT2D eigenvalue weighted by atomic mass is 10.1. The van der Waals surface area contributed by atoms with E-state index >= 15 is 0 Å². The van der Waals surface area contributed by atoms with Gasteiger partial charge in [0.15, 0.2) is 5.84 Å². The highest BCUT2D eigenvalue weighted by molar-refractivity contribution is 7.20. The maximum atomic E-state index is 13.2. The first-order valence-electron chi connectivity index (χ1n) is 10.8. The predicted molar refractivity (Wildman–Crippen MR) is 126 cm³/mol. The van der Waals surface area contributed by atoms with Gasteiger partial charge in [0.2, 0.25) is 12.3 Å². The van der Waals surface area contributed by atoms with Crippen molar-refractivity contribution >= 4 is 33.2 Å². The highest BCUT2D eigenvalue weighted by Gasteiger charge is 2.36. The second-order valence-corrected chi connectivity index (χ2v) is 9.58. The van der Waals surface area contributed by atoms with Crippen LogP contribution in [-0.2, 0) is 17.5 Å². The summed E-state index contributed by atoms with van der Waals surface area (Å²) in [5.74, 6) is 0.251. The van der Waals surface area contributed by atoms with E-state index in [2.05, 4.69) is 10.4 Å². The van der Waals surface area contributed by atoms with E-state index in [1.807, 2.05) is 44.2 Å². The summed E-state index contributed by atoms with van der Waals surface area (Å²) in [7, 11) is 0. The second kappa shape index (κ2) is 9.63. The molecule has 4 rings (SSSR count). The Morgan fingerprint density at radius 3 is 2.59 bits per heavy atom. The van der Waals surface area contributed by atoms with E-state index in [0.29, 0.717) is 12.4 Å². The third kappa shape index (κ3) is 5.18. The number of fused-ring (bicyclic) bond motifs is 1. The van der Waals surface area contributed by atoms with Crippen molar-refractivity contribution in [2.24, 2.45) is 11.0 Å². The topological polar surface area (TPSA) is 68.2 Å². The van der Waals surface area contributed by atoms with Gasteiger partial charge in [-0.1, -0.05) is 50.2 Å². The summed E-state index contributed by atoms with van der Waals surface area (Å²) in [5, 5.41) is 20.2. The molecule has 0 saturated carbocycles. The lowest BCUT2D eigenvalue weighted by molar-refractivity contribution is -0.138. The zero-order valence-corrected chi connectivity index (χ0v) is 19.5. The van der Waals surface area contributed by atoms with E-state index in [0.717, 1.165) is 21.0 Å². The Balaban J connectivity index is 1.50. The number of alkyl halides is 3. The van der Waals surface area contributed by atoms with E-state index in [1.165, 1.54) is 23.2 Å². The summed E-state index contributed by atoms with van der Waals surface area (Å²) >= 11 is 1.54. The Kier molecular flexibility index (Phi) is 6.81. The molecule has 1 atom stereocenters. The van der Waals surface area contributed by atoms with Crippen LogP contribution in [-0.4, -0.2) is 46.2 Å². The number of amides is 1. The van der Waals surface area contributed by atoms with Gasteiger partial charge in [-0.2, -0.15) is 18.3 Å². The van der Waals surface area contributed by atoms with Crippen molar-refractivity contribution in [3.8, 4) is 0 Å². The SMILES string of the molecule is CC(C)CN1C(c2cc3ccccc3s2)=NN(CC(=O)NCc2ccccc2C(F)(F)F)C1O. The summed E-state index contributed by atoms with van der Waals surface area (Å²) in [6, 6.07) is 15.0. The molecule has 1 amide bonds. The number of aliphatic hydroxyl groups is 1. The van der Waals surface area contributed by atoms with E-state index < -0.39 is 24.0 Å². The summed E-state index contributed by atoms with van der Waals surface area (Å²) < 4.78 is 40.7. The third-order valence-electron chi connectivity index (χ3n) is 5.35. The van der Waals surface area contributed by atoms with Crippen molar-refractivity contribution in [1.82, 2.24) is 15.2 Å². The summed E-state index contributed by atoms with van der Waals surface area (Å²) in [6.07, 6.45) is -5.66. The summed E-state index contributed by atoms with van der Waals surface area (Å²) in [6.45, 7) is 3.98. The molecule has 0 saturated heterocycles. The van der Waals surface area contributed by atoms with Crippen molar-refractivity contribution in [2.75, 3.05) is 13.1 Å². The molecule has 6 nitrogen and oxygen atoms in total. The fraction of sp³-hybridized carbons (Fsp3) is 0.333. The monoisotopic (exact) mass is 490 g/mol. The van der Waals surface area contributed by atoms with E-state index in [9.17, 15) is 23.1 Å². The molecule has 1 unspecified atom stereocenters. The van der Waals surface area contributed by atoms with Gasteiger partial charge in [-0.3, -0.25) is 4.79 Å². The molecule has 0 aliphatic carbocycles. The van der Waals surface area contributed by atoms with Crippen molar-refractivity contribution < 1.29 is 23.1 Å². The van der Waals surface area contributed by atoms with E-state index in [-0.39, 0.29) is 24.6 Å². The molecule has 0 bridgehead atoms. The zero-order valence-electron chi connectivity index (χ0n) is 18.7. The van der Waals surface area contributed by atoms with Crippen LogP contribution in [0, 0.1) is 5.92 Å². The number of nitrogens with zero attached hydrogens (tertiary/aromatic N) is 3. The summed E-state index contributed by atoms with van der Waals surface area (Å²) in [5.41, 5.74) is -0.814. The van der Waals surface area contributed by atoms with Crippen molar-refractivity contribution in [1.29, 1.82) is 0 Å². The number of thiophene rings is 1. The Bertz CT molecular complexity index is 1180. The average Bonchev–Trinajstić information content (AvgIpc) is 3.33. The second-order valence-electron chi connectivity index (χ2n) is 8.49. The smallest absolute Gasteiger partial charge is 0.355 e. The van der Waals surface area contributed by atoms with Crippen molar-refractivity contribution in [3.63, 3.8) is 0 Å². The number of halogens is 3. The van der Waals surface area contributed by atoms with Crippen LogP contribution in [0.1, 0.15) is 29.9 Å². The van der Waals surface area contributed by atoms with Crippen molar-refractivity contribution in [3.05, 3.63) is 70.6 Å². The molecular weight excluding hydrogens is 465 g/mol. The number of hydrazone groups is 1. The highest BCUT2D eigenvalue weighted by atomic mass is 32.1. The van der Waals surface area contributed by atoms with Crippen LogP contribution in [0.2, 0.25) is 0 Å². The molecular formula is C24H25F3N4O2S. The molecule has 0 spiro atoms. The molecule has 10 heteroatoms. The minimum atomic E-state index is -4.51. The lowest BCUT2D eigenvalue weighted by Gasteiger charge is -2.28. The maximum Gasteiger partial charge on any atom is 0.416 e. The first-order chi connectivity index (χ1) is 16.1. The molecule has 2 aromatic carbocycles. The van der Waals surface area contributed by atoms with E-state index in [4.69, 9.17) is 0 Å². The van der Waals surface area contributed by atoms with Gasteiger partial charge >= 0.3 is 6.18 Å². The van der Waals surface area contributed by atoms with Crippen LogP contribution in [0.4, 0.5) is 13.2 Å². The molecule has 3 aromatic rings. The molecule has 1 aliphatic heterocycles. The molecule has 1 aromatic heterocycles. The van der Waals surface area contributed by atoms with Gasteiger partial charge in [0.1, 0.15) is 6.54 Å². The normalized spacial score (nSPS) is 16.4. The van der Waals surface area contributed by atoms with Gasteiger partial charge in [-0.25, -0.2) is 5.01 Å². The molecule has 34 heavy (non-hydrogen) atoms. The number of amidine groups is 1. The number of carbonyl (C=O) groups is 1. The van der Waals surface area contributed by atoms with Crippen LogP contribution in [0.25, 0.3) is 10.1 Å². The first kappa shape index (κ1) is 24.0. The fourth-order valence-electron chi connectivity index (χ4n) is 3.82. The predicted octanol–water partition coefficient (Wildman–Crippen LogP) is 4.45. The van der Waals surface area contributed by atoms with E-state index in [1.54, 1.807) is 16.2 Å². The third-order valence-corrected chi connectivity index (χ3v) is 6.46. The quantitative estimate of drug-likeness (QED) is 0.514. The first-order valence-corrected chi connectivity index (χ1v) is 11.7. The number of aliphatic hydroxyl groups excluding tert-OH is 1. The van der Waals surface area contributed by atoms with Crippen LogP contribution in [0.5, 0.6) is 0 Å². The van der Waals surface area contributed by atoms with Gasteiger partial charge in [-0.15, -0.1) is 11.3 Å². The molecule has 2 N–H and O–H groups in total. The summed E-state index contributed by atoms with van der Waals surface area (Å²) in [4.78, 5) is 15.2. The van der Waals surface area contributed by atoms with Gasteiger partial charge in [0, 0.05) is 17.8 Å². The number of carbonyl (C=O) groups excluding carboxylic acids is 1. The van der Waals surface area contributed by atoms with Crippen LogP contribution in [0.3, 0.4) is 0 Å². The largest absolute Gasteiger partial charge is 0.416 e. The van der Waals surface area contributed by atoms with Gasteiger partial charge in [-0.05, 0) is 35.1 Å². The average molecular weight is 491 g/mol. The van der Waals surface area contributed by atoms with Gasteiger partial charge in [0.05, 0.1) is 10.4 Å². The molecule has 0 radical (unpaired) electrons.